The van der Waals surface area contributed by atoms with Crippen molar-refractivity contribution in [3.8, 4) is 0 Å². The van der Waals surface area contributed by atoms with Crippen LogP contribution in [-0.2, 0) is 6.61 Å². The summed E-state index contributed by atoms with van der Waals surface area (Å²) in [5.74, 6) is 2.28. The third-order valence-electron chi connectivity index (χ3n) is 3.69. The summed E-state index contributed by atoms with van der Waals surface area (Å²) in [6.45, 7) is 6.57. The van der Waals surface area contributed by atoms with Gasteiger partial charge in [0, 0.05) is 19.3 Å². The van der Waals surface area contributed by atoms with E-state index in [0.29, 0.717) is 10.9 Å². The van der Waals surface area contributed by atoms with Gasteiger partial charge in [0.1, 0.15) is 5.82 Å². The van der Waals surface area contributed by atoms with Crippen molar-refractivity contribution in [3.63, 3.8) is 0 Å². The Morgan fingerprint density at radius 3 is 2.82 bits per heavy atom. The molecular weight excluding hydrogens is 236 g/mol. The minimum absolute atomic E-state index is 0.0135. The second kappa shape index (κ2) is 5.23. The highest BCUT2D eigenvalue weighted by Crippen LogP contribution is 2.30. The van der Waals surface area contributed by atoms with Crippen molar-refractivity contribution in [2.24, 2.45) is 11.8 Å². The molecule has 2 atom stereocenters. The highest BCUT2D eigenvalue weighted by molar-refractivity contribution is 6.33. The van der Waals surface area contributed by atoms with Crippen LogP contribution in [-0.4, -0.2) is 23.2 Å². The van der Waals surface area contributed by atoms with E-state index in [0.717, 1.165) is 30.4 Å². The van der Waals surface area contributed by atoms with E-state index >= 15 is 0 Å². The fourth-order valence-electron chi connectivity index (χ4n) is 2.24. The van der Waals surface area contributed by atoms with Gasteiger partial charge in [-0.2, -0.15) is 0 Å². The molecule has 0 aromatic carbocycles. The fraction of sp³-hybridized carbons (Fsp3) is 0.615. The lowest BCUT2D eigenvalue weighted by atomic mass is 9.89. The van der Waals surface area contributed by atoms with Gasteiger partial charge >= 0.3 is 0 Å². The number of anilines is 1. The topological polar surface area (TPSA) is 36.4 Å². The smallest absolute Gasteiger partial charge is 0.147 e. The van der Waals surface area contributed by atoms with Crippen LogP contribution in [0.15, 0.2) is 12.3 Å². The number of rotatable bonds is 2. The quantitative estimate of drug-likeness (QED) is 0.882. The van der Waals surface area contributed by atoms with Crippen LogP contribution in [0, 0.1) is 11.8 Å². The van der Waals surface area contributed by atoms with Gasteiger partial charge in [-0.1, -0.05) is 25.4 Å². The Kier molecular flexibility index (Phi) is 3.89. The lowest BCUT2D eigenvalue weighted by Gasteiger charge is -2.36. The first-order valence-electron chi connectivity index (χ1n) is 6.12. The van der Waals surface area contributed by atoms with Crippen LogP contribution in [0.5, 0.6) is 0 Å². The van der Waals surface area contributed by atoms with Crippen molar-refractivity contribution in [1.82, 2.24) is 4.98 Å². The normalized spacial score (nSPS) is 25.1. The van der Waals surface area contributed by atoms with Gasteiger partial charge in [0.05, 0.1) is 11.6 Å². The number of nitrogens with zero attached hydrogens (tertiary/aromatic N) is 2. The molecule has 0 radical (unpaired) electrons. The molecule has 0 spiro atoms. The average molecular weight is 255 g/mol. The Labute approximate surface area is 107 Å². The molecule has 1 N–H and O–H groups in total. The summed E-state index contributed by atoms with van der Waals surface area (Å²) < 4.78 is 0. The SMILES string of the molecule is CC1CCN(c2ncc(CO)cc2Cl)CC1C. The van der Waals surface area contributed by atoms with Crippen LogP contribution < -0.4 is 4.90 Å². The molecule has 0 bridgehead atoms. The highest BCUT2D eigenvalue weighted by Gasteiger charge is 2.24. The number of piperidine rings is 1. The molecule has 1 aromatic rings. The van der Waals surface area contributed by atoms with E-state index in [-0.39, 0.29) is 6.61 Å². The lowest BCUT2D eigenvalue weighted by molar-refractivity contribution is 0.281. The zero-order chi connectivity index (χ0) is 12.4. The molecule has 1 fully saturated rings. The van der Waals surface area contributed by atoms with E-state index in [1.54, 1.807) is 12.3 Å². The molecule has 1 aromatic heterocycles. The second-order valence-electron chi connectivity index (χ2n) is 5.00. The van der Waals surface area contributed by atoms with E-state index in [4.69, 9.17) is 16.7 Å². The van der Waals surface area contributed by atoms with Gasteiger partial charge in [-0.3, -0.25) is 0 Å². The van der Waals surface area contributed by atoms with Gasteiger partial charge in [0.25, 0.3) is 0 Å². The largest absolute Gasteiger partial charge is 0.392 e. The molecule has 1 aliphatic rings. The van der Waals surface area contributed by atoms with Crippen LogP contribution in [0.1, 0.15) is 25.8 Å². The van der Waals surface area contributed by atoms with E-state index in [1.807, 2.05) is 0 Å². The number of pyridine rings is 1. The summed E-state index contributed by atoms with van der Waals surface area (Å²) in [4.78, 5) is 6.61. The first-order valence-corrected chi connectivity index (χ1v) is 6.50. The molecule has 4 heteroatoms. The predicted molar refractivity (Wildman–Crippen MR) is 70.3 cm³/mol. The van der Waals surface area contributed by atoms with Crippen molar-refractivity contribution in [1.29, 1.82) is 0 Å². The number of hydrogen-bond acceptors (Lipinski definition) is 3. The minimum Gasteiger partial charge on any atom is -0.392 e. The molecule has 17 heavy (non-hydrogen) atoms. The molecule has 3 nitrogen and oxygen atoms in total. The van der Waals surface area contributed by atoms with Crippen molar-refractivity contribution < 1.29 is 5.11 Å². The van der Waals surface area contributed by atoms with E-state index in [1.165, 1.54) is 6.42 Å². The maximum Gasteiger partial charge on any atom is 0.147 e. The zero-order valence-corrected chi connectivity index (χ0v) is 11.1. The molecule has 94 valence electrons. The summed E-state index contributed by atoms with van der Waals surface area (Å²) in [5.41, 5.74) is 0.761. The van der Waals surface area contributed by atoms with Crippen LogP contribution in [0.4, 0.5) is 5.82 Å². The van der Waals surface area contributed by atoms with Crippen molar-refractivity contribution in [3.05, 3.63) is 22.8 Å². The van der Waals surface area contributed by atoms with Gasteiger partial charge in [0.15, 0.2) is 0 Å². The highest BCUT2D eigenvalue weighted by atomic mass is 35.5. The second-order valence-corrected chi connectivity index (χ2v) is 5.40. The molecule has 2 rings (SSSR count). The van der Waals surface area contributed by atoms with Gasteiger partial charge in [-0.15, -0.1) is 0 Å². The first-order chi connectivity index (χ1) is 8.11. The Hall–Kier alpha value is -0.800. The van der Waals surface area contributed by atoms with E-state index in [2.05, 4.69) is 23.7 Å². The van der Waals surface area contributed by atoms with Gasteiger partial charge in [0.2, 0.25) is 0 Å². The Balaban J connectivity index is 2.17. The summed E-state index contributed by atoms with van der Waals surface area (Å²) in [6.07, 6.45) is 2.88. The van der Waals surface area contributed by atoms with Crippen molar-refractivity contribution >= 4 is 17.4 Å². The van der Waals surface area contributed by atoms with Crippen molar-refractivity contribution in [2.75, 3.05) is 18.0 Å². The van der Waals surface area contributed by atoms with Gasteiger partial charge in [-0.05, 0) is 29.9 Å². The summed E-state index contributed by atoms with van der Waals surface area (Å²) >= 11 is 6.21. The Bertz CT molecular complexity index is 397. The van der Waals surface area contributed by atoms with E-state index < -0.39 is 0 Å². The van der Waals surface area contributed by atoms with E-state index in [9.17, 15) is 0 Å². The molecule has 1 aliphatic heterocycles. The van der Waals surface area contributed by atoms with Crippen LogP contribution in [0.25, 0.3) is 0 Å². The number of hydrogen-bond donors (Lipinski definition) is 1. The molecule has 2 heterocycles. The monoisotopic (exact) mass is 254 g/mol. The number of halogens is 1. The first kappa shape index (κ1) is 12.7. The Morgan fingerprint density at radius 1 is 1.47 bits per heavy atom. The number of aliphatic hydroxyl groups excluding tert-OH is 1. The lowest BCUT2D eigenvalue weighted by Crippen LogP contribution is -2.39. The molecule has 0 amide bonds. The summed E-state index contributed by atoms with van der Waals surface area (Å²) in [6, 6.07) is 1.80. The molecular formula is C13H19ClN2O. The Morgan fingerprint density at radius 2 is 2.24 bits per heavy atom. The molecule has 1 saturated heterocycles. The molecule has 0 aliphatic carbocycles. The third kappa shape index (κ3) is 2.72. The summed E-state index contributed by atoms with van der Waals surface area (Å²) in [7, 11) is 0. The number of aromatic nitrogens is 1. The third-order valence-corrected chi connectivity index (χ3v) is 3.97. The maximum absolute atomic E-state index is 9.03. The fourth-order valence-corrected chi connectivity index (χ4v) is 2.55. The van der Waals surface area contributed by atoms with Gasteiger partial charge in [-0.25, -0.2) is 4.98 Å². The predicted octanol–water partition coefficient (Wildman–Crippen LogP) is 2.71. The average Bonchev–Trinajstić information content (AvgIpc) is 2.32. The maximum atomic E-state index is 9.03. The molecule has 0 saturated carbocycles. The number of aliphatic hydroxyl groups is 1. The van der Waals surface area contributed by atoms with Crippen LogP contribution >= 0.6 is 11.6 Å². The standard InChI is InChI=1S/C13H19ClN2O/c1-9-3-4-16(7-10(9)2)13-12(14)5-11(8-17)6-15-13/h5-6,9-10,17H,3-4,7-8H2,1-2H3. The summed E-state index contributed by atoms with van der Waals surface area (Å²) in [5, 5.41) is 9.67. The van der Waals surface area contributed by atoms with Gasteiger partial charge < -0.3 is 10.0 Å². The van der Waals surface area contributed by atoms with Crippen molar-refractivity contribution in [2.45, 2.75) is 26.9 Å². The molecule has 2 unspecified atom stereocenters. The minimum atomic E-state index is -0.0135. The van der Waals surface area contributed by atoms with Crippen LogP contribution in [0.3, 0.4) is 0 Å². The van der Waals surface area contributed by atoms with Crippen LogP contribution in [0.2, 0.25) is 5.02 Å². The zero-order valence-electron chi connectivity index (χ0n) is 10.4.